The van der Waals surface area contributed by atoms with Crippen molar-refractivity contribution in [2.45, 2.75) is 13.2 Å². The molecule has 1 fully saturated rings. The van der Waals surface area contributed by atoms with E-state index in [1.165, 1.54) is 6.07 Å². The summed E-state index contributed by atoms with van der Waals surface area (Å²) < 4.78 is 20.5. The molecule has 128 valence electrons. The van der Waals surface area contributed by atoms with Crippen LogP contribution in [0, 0.1) is 11.7 Å². The van der Waals surface area contributed by atoms with E-state index in [-0.39, 0.29) is 18.2 Å². The molecule has 2 aromatic rings. The number of nitrogens with one attached hydrogen (secondary N) is 2. The summed E-state index contributed by atoms with van der Waals surface area (Å²) >= 11 is 9.36. The van der Waals surface area contributed by atoms with Gasteiger partial charge in [0.05, 0.1) is 0 Å². The van der Waals surface area contributed by atoms with Gasteiger partial charge in [-0.2, -0.15) is 0 Å². The van der Waals surface area contributed by atoms with E-state index in [1.54, 1.807) is 24.3 Å². The van der Waals surface area contributed by atoms with Crippen LogP contribution in [0.15, 0.2) is 40.9 Å². The quantitative estimate of drug-likeness (QED) is 0.716. The van der Waals surface area contributed by atoms with E-state index in [0.29, 0.717) is 17.5 Å². The maximum absolute atomic E-state index is 14.0. The molecule has 0 aliphatic carbocycles. The van der Waals surface area contributed by atoms with Gasteiger partial charge in [0, 0.05) is 41.2 Å². The Labute approximate surface area is 154 Å². The standard InChI is InChI=1S/C18H19BrClFN2O/c19-16-6-15(20)3-2-14(16)11-24-18-5-12(1-4-17(18)21)7-22-8-13-9-23-10-13/h1-6,13,22-23H,7-11H2. The highest BCUT2D eigenvalue weighted by atomic mass is 79.9. The van der Waals surface area contributed by atoms with Gasteiger partial charge < -0.3 is 15.4 Å². The lowest BCUT2D eigenvalue weighted by molar-refractivity contribution is 0.289. The van der Waals surface area contributed by atoms with Gasteiger partial charge in [-0.25, -0.2) is 4.39 Å². The Morgan fingerprint density at radius 1 is 1.25 bits per heavy atom. The molecule has 0 aromatic heterocycles. The second-order valence-electron chi connectivity index (χ2n) is 5.94. The van der Waals surface area contributed by atoms with Gasteiger partial charge in [0.25, 0.3) is 0 Å². The van der Waals surface area contributed by atoms with E-state index in [0.717, 1.165) is 35.2 Å². The Kier molecular flexibility index (Phi) is 6.11. The van der Waals surface area contributed by atoms with E-state index in [2.05, 4.69) is 26.6 Å². The number of hydrogen-bond acceptors (Lipinski definition) is 3. The molecule has 1 aliphatic heterocycles. The molecular weight excluding hydrogens is 395 g/mol. The zero-order valence-corrected chi connectivity index (χ0v) is 15.5. The third-order valence-electron chi connectivity index (χ3n) is 4.02. The van der Waals surface area contributed by atoms with Gasteiger partial charge in [-0.1, -0.05) is 39.7 Å². The van der Waals surface area contributed by atoms with E-state index in [4.69, 9.17) is 16.3 Å². The summed E-state index contributed by atoms with van der Waals surface area (Å²) in [4.78, 5) is 0. The highest BCUT2D eigenvalue weighted by Gasteiger charge is 2.15. The highest BCUT2D eigenvalue weighted by molar-refractivity contribution is 9.10. The highest BCUT2D eigenvalue weighted by Crippen LogP contribution is 2.25. The Morgan fingerprint density at radius 2 is 2.08 bits per heavy atom. The maximum Gasteiger partial charge on any atom is 0.165 e. The number of rotatable bonds is 7. The number of benzene rings is 2. The summed E-state index contributed by atoms with van der Waals surface area (Å²) in [5.74, 6) is 0.608. The molecule has 2 aromatic carbocycles. The minimum Gasteiger partial charge on any atom is -0.486 e. The molecule has 1 heterocycles. The van der Waals surface area contributed by atoms with Crippen LogP contribution in [0.1, 0.15) is 11.1 Å². The number of halogens is 3. The van der Waals surface area contributed by atoms with Crippen LogP contribution in [0.4, 0.5) is 4.39 Å². The number of hydrogen-bond donors (Lipinski definition) is 2. The third-order valence-corrected chi connectivity index (χ3v) is 5.00. The third kappa shape index (κ3) is 4.70. The summed E-state index contributed by atoms with van der Waals surface area (Å²) in [7, 11) is 0. The van der Waals surface area contributed by atoms with Crippen molar-refractivity contribution in [3.05, 3.63) is 62.8 Å². The second-order valence-corrected chi connectivity index (χ2v) is 7.24. The van der Waals surface area contributed by atoms with E-state index >= 15 is 0 Å². The predicted octanol–water partition coefficient (Wildman–Crippen LogP) is 4.13. The minimum atomic E-state index is -0.355. The first kappa shape index (κ1) is 17.7. The van der Waals surface area contributed by atoms with E-state index in [9.17, 15) is 4.39 Å². The molecule has 24 heavy (non-hydrogen) atoms. The Bertz CT molecular complexity index is 709. The lowest BCUT2D eigenvalue weighted by atomic mass is 10.0. The molecule has 0 bridgehead atoms. The van der Waals surface area contributed by atoms with Crippen molar-refractivity contribution in [3.8, 4) is 5.75 Å². The first-order valence-corrected chi connectivity index (χ1v) is 9.05. The molecule has 0 radical (unpaired) electrons. The monoisotopic (exact) mass is 412 g/mol. The van der Waals surface area contributed by atoms with Gasteiger partial charge in [-0.3, -0.25) is 0 Å². The summed E-state index contributed by atoms with van der Waals surface area (Å²) in [5.41, 5.74) is 1.92. The first-order chi connectivity index (χ1) is 11.6. The molecule has 3 nitrogen and oxygen atoms in total. The molecule has 0 unspecified atom stereocenters. The zero-order valence-electron chi connectivity index (χ0n) is 13.1. The average molecular weight is 414 g/mol. The van der Waals surface area contributed by atoms with Crippen molar-refractivity contribution >= 4 is 27.5 Å². The SMILES string of the molecule is Fc1ccc(CNCC2CNC2)cc1OCc1ccc(Cl)cc1Br. The van der Waals surface area contributed by atoms with Crippen molar-refractivity contribution in [2.24, 2.45) is 5.92 Å². The predicted molar refractivity (Wildman–Crippen MR) is 98.0 cm³/mol. The van der Waals surface area contributed by atoms with Gasteiger partial charge in [0.15, 0.2) is 11.6 Å². The van der Waals surface area contributed by atoms with Gasteiger partial charge in [-0.05, 0) is 35.7 Å². The first-order valence-electron chi connectivity index (χ1n) is 7.88. The molecule has 6 heteroatoms. The average Bonchev–Trinajstić information content (AvgIpc) is 2.51. The van der Waals surface area contributed by atoms with Crippen molar-refractivity contribution in [1.29, 1.82) is 0 Å². The molecular formula is C18H19BrClFN2O. The van der Waals surface area contributed by atoms with Crippen LogP contribution in [0.3, 0.4) is 0 Å². The van der Waals surface area contributed by atoms with Crippen LogP contribution in [0.25, 0.3) is 0 Å². The van der Waals surface area contributed by atoms with Crippen LogP contribution in [-0.2, 0) is 13.2 Å². The van der Waals surface area contributed by atoms with Crippen LogP contribution in [-0.4, -0.2) is 19.6 Å². The fourth-order valence-electron chi connectivity index (χ4n) is 2.48. The zero-order chi connectivity index (χ0) is 16.9. The van der Waals surface area contributed by atoms with Crippen molar-refractivity contribution < 1.29 is 9.13 Å². The van der Waals surface area contributed by atoms with Gasteiger partial charge in [0.1, 0.15) is 6.61 Å². The van der Waals surface area contributed by atoms with Crippen molar-refractivity contribution in [1.82, 2.24) is 10.6 Å². The van der Waals surface area contributed by atoms with Crippen molar-refractivity contribution in [3.63, 3.8) is 0 Å². The fourth-order valence-corrected chi connectivity index (χ4v) is 3.27. The molecule has 3 rings (SSSR count). The minimum absolute atomic E-state index is 0.265. The number of ether oxygens (including phenoxy) is 1. The molecule has 2 N–H and O–H groups in total. The van der Waals surface area contributed by atoms with Crippen molar-refractivity contribution in [2.75, 3.05) is 19.6 Å². The Morgan fingerprint density at radius 3 is 2.79 bits per heavy atom. The van der Waals surface area contributed by atoms with Crippen LogP contribution >= 0.6 is 27.5 Å². The van der Waals surface area contributed by atoms with E-state index in [1.807, 2.05) is 6.07 Å². The van der Waals surface area contributed by atoms with Gasteiger partial charge >= 0.3 is 0 Å². The molecule has 0 atom stereocenters. The topological polar surface area (TPSA) is 33.3 Å². The molecule has 0 spiro atoms. The van der Waals surface area contributed by atoms with Crippen LogP contribution in [0.2, 0.25) is 5.02 Å². The van der Waals surface area contributed by atoms with E-state index < -0.39 is 0 Å². The fraction of sp³-hybridized carbons (Fsp3) is 0.333. The molecule has 0 amide bonds. The summed E-state index contributed by atoms with van der Waals surface area (Å²) in [6.07, 6.45) is 0. The normalized spacial score (nSPS) is 14.5. The second kappa shape index (κ2) is 8.30. The summed E-state index contributed by atoms with van der Waals surface area (Å²) in [6.45, 7) is 4.09. The molecule has 1 saturated heterocycles. The van der Waals surface area contributed by atoms with Gasteiger partial charge in [0.2, 0.25) is 0 Å². The Balaban J connectivity index is 1.58. The lowest BCUT2D eigenvalue weighted by Crippen LogP contribution is -2.47. The van der Waals surface area contributed by atoms with Crippen LogP contribution < -0.4 is 15.4 Å². The van der Waals surface area contributed by atoms with Gasteiger partial charge in [-0.15, -0.1) is 0 Å². The Hall–Kier alpha value is -1.14. The molecule has 0 saturated carbocycles. The van der Waals surface area contributed by atoms with Crippen LogP contribution in [0.5, 0.6) is 5.75 Å². The molecule has 1 aliphatic rings. The summed E-state index contributed by atoms with van der Waals surface area (Å²) in [5, 5.41) is 7.29. The largest absolute Gasteiger partial charge is 0.486 e. The maximum atomic E-state index is 14.0. The lowest BCUT2D eigenvalue weighted by Gasteiger charge is -2.27. The smallest absolute Gasteiger partial charge is 0.165 e. The summed E-state index contributed by atoms with van der Waals surface area (Å²) in [6, 6.07) is 10.4.